The largest absolute Gasteiger partial charge is 0.478 e. The maximum absolute atomic E-state index is 11.0. The topological polar surface area (TPSA) is 49.3 Å². The zero-order valence-electron chi connectivity index (χ0n) is 8.73. The van der Waals surface area contributed by atoms with E-state index in [4.69, 9.17) is 5.11 Å². The number of carboxylic acid groups (broad SMARTS) is 1. The van der Waals surface area contributed by atoms with E-state index in [0.29, 0.717) is 5.56 Å². The van der Waals surface area contributed by atoms with Gasteiger partial charge in [-0.15, -0.1) is 12.4 Å². The Morgan fingerprint density at radius 3 is 2.31 bits per heavy atom. The van der Waals surface area contributed by atoms with Crippen LogP contribution in [-0.2, 0) is 0 Å². The number of hydrogen-bond donors (Lipinski definition) is 2. The van der Waals surface area contributed by atoms with E-state index in [2.05, 4.69) is 5.32 Å². The Kier molecular flexibility index (Phi) is 3.74. The van der Waals surface area contributed by atoms with Crippen molar-refractivity contribution in [3.8, 4) is 0 Å². The summed E-state index contributed by atoms with van der Waals surface area (Å²) in [5.74, 6) is -0.895. The molecule has 16 heavy (non-hydrogen) atoms. The van der Waals surface area contributed by atoms with Gasteiger partial charge in [-0.1, -0.05) is 24.3 Å². The summed E-state index contributed by atoms with van der Waals surface area (Å²) in [4.78, 5) is 11.0. The summed E-state index contributed by atoms with van der Waals surface area (Å²) in [5, 5.41) is 13.8. The van der Waals surface area contributed by atoms with Crippen LogP contribution in [0.2, 0.25) is 0 Å². The molecule has 2 aromatic rings. The number of hydrogen-bond acceptors (Lipinski definition) is 2. The average Bonchev–Trinajstić information content (AvgIpc) is 2.27. The third-order valence-electron chi connectivity index (χ3n) is 2.42. The predicted molar refractivity (Wildman–Crippen MR) is 67.7 cm³/mol. The maximum Gasteiger partial charge on any atom is 0.336 e. The van der Waals surface area contributed by atoms with Crippen LogP contribution in [0.25, 0.3) is 10.8 Å². The van der Waals surface area contributed by atoms with E-state index in [9.17, 15) is 4.79 Å². The summed E-state index contributed by atoms with van der Waals surface area (Å²) in [7, 11) is 1.82. The molecule has 2 aromatic carbocycles. The molecule has 2 rings (SSSR count). The lowest BCUT2D eigenvalue weighted by Crippen LogP contribution is -1.99. The molecular formula is C12H12ClNO2. The number of fused-ring (bicyclic) bond motifs is 1. The van der Waals surface area contributed by atoms with E-state index in [1.807, 2.05) is 31.3 Å². The molecule has 0 unspecified atom stereocenters. The van der Waals surface area contributed by atoms with Crippen molar-refractivity contribution >= 4 is 34.8 Å². The minimum Gasteiger partial charge on any atom is -0.478 e. The Morgan fingerprint density at radius 2 is 1.75 bits per heavy atom. The summed E-state index contributed by atoms with van der Waals surface area (Å²) in [5.41, 5.74) is 1.28. The van der Waals surface area contributed by atoms with Crippen molar-refractivity contribution in [1.29, 1.82) is 0 Å². The lowest BCUT2D eigenvalue weighted by Gasteiger charge is -2.07. The van der Waals surface area contributed by atoms with Crippen LogP contribution in [0.3, 0.4) is 0 Å². The van der Waals surface area contributed by atoms with E-state index in [-0.39, 0.29) is 12.4 Å². The number of carboxylic acids is 1. The molecule has 0 fully saturated rings. The fourth-order valence-corrected chi connectivity index (χ4v) is 1.70. The van der Waals surface area contributed by atoms with Gasteiger partial charge in [0.25, 0.3) is 0 Å². The zero-order chi connectivity index (χ0) is 10.8. The zero-order valence-corrected chi connectivity index (χ0v) is 9.54. The molecule has 2 N–H and O–H groups in total. The quantitative estimate of drug-likeness (QED) is 0.844. The molecule has 0 spiro atoms. The van der Waals surface area contributed by atoms with Gasteiger partial charge in [-0.05, 0) is 17.5 Å². The first-order valence-corrected chi connectivity index (χ1v) is 4.67. The van der Waals surface area contributed by atoms with Gasteiger partial charge in [0.15, 0.2) is 0 Å². The normalized spacial score (nSPS) is 9.56. The lowest BCUT2D eigenvalue weighted by molar-refractivity contribution is 0.0699. The van der Waals surface area contributed by atoms with Gasteiger partial charge < -0.3 is 10.4 Å². The number of aromatic carboxylic acids is 1. The van der Waals surface area contributed by atoms with Crippen LogP contribution in [0.4, 0.5) is 5.69 Å². The summed E-state index contributed by atoms with van der Waals surface area (Å²) in [6.45, 7) is 0. The van der Waals surface area contributed by atoms with Crippen molar-refractivity contribution in [2.75, 3.05) is 12.4 Å². The second-order valence-corrected chi connectivity index (χ2v) is 3.26. The fraction of sp³-hybridized carbons (Fsp3) is 0.0833. The average molecular weight is 238 g/mol. The van der Waals surface area contributed by atoms with Crippen molar-refractivity contribution in [2.24, 2.45) is 0 Å². The number of halogens is 1. The highest BCUT2D eigenvalue weighted by molar-refractivity contribution is 6.07. The minimum atomic E-state index is -0.895. The second kappa shape index (κ2) is 4.86. The minimum absolute atomic E-state index is 0. The van der Waals surface area contributed by atoms with Gasteiger partial charge in [-0.2, -0.15) is 0 Å². The monoisotopic (exact) mass is 237 g/mol. The molecule has 0 aliphatic rings. The van der Waals surface area contributed by atoms with Crippen molar-refractivity contribution in [2.45, 2.75) is 0 Å². The maximum atomic E-state index is 11.0. The van der Waals surface area contributed by atoms with Gasteiger partial charge in [0.2, 0.25) is 0 Å². The molecule has 0 heterocycles. The summed E-state index contributed by atoms with van der Waals surface area (Å²) in [6, 6.07) is 10.9. The van der Waals surface area contributed by atoms with Crippen LogP contribution in [0.5, 0.6) is 0 Å². The van der Waals surface area contributed by atoms with E-state index < -0.39 is 5.97 Å². The molecule has 84 valence electrons. The van der Waals surface area contributed by atoms with Gasteiger partial charge in [-0.25, -0.2) is 4.79 Å². The molecule has 0 radical (unpaired) electrons. The Balaban J connectivity index is 0.00000128. The Hall–Kier alpha value is -1.74. The first kappa shape index (κ1) is 12.3. The van der Waals surface area contributed by atoms with Crippen LogP contribution >= 0.6 is 12.4 Å². The molecule has 0 saturated carbocycles. The molecule has 3 nitrogen and oxygen atoms in total. The van der Waals surface area contributed by atoms with Gasteiger partial charge >= 0.3 is 5.97 Å². The van der Waals surface area contributed by atoms with E-state index in [1.54, 1.807) is 12.1 Å². The number of nitrogens with one attached hydrogen (secondary N) is 1. The second-order valence-electron chi connectivity index (χ2n) is 3.26. The highest BCUT2D eigenvalue weighted by Gasteiger charge is 2.09. The van der Waals surface area contributed by atoms with Crippen LogP contribution in [-0.4, -0.2) is 18.1 Å². The Bertz CT molecular complexity index is 525. The van der Waals surface area contributed by atoms with Crippen LogP contribution in [0.15, 0.2) is 36.4 Å². The van der Waals surface area contributed by atoms with Crippen molar-refractivity contribution < 1.29 is 9.90 Å². The Labute approximate surface area is 99.5 Å². The van der Waals surface area contributed by atoms with E-state index in [0.717, 1.165) is 16.5 Å². The number of benzene rings is 2. The number of anilines is 1. The highest BCUT2D eigenvalue weighted by Crippen LogP contribution is 2.26. The van der Waals surface area contributed by atoms with Gasteiger partial charge in [-0.3, -0.25) is 0 Å². The fourth-order valence-electron chi connectivity index (χ4n) is 1.70. The standard InChI is InChI=1S/C12H11NO2.ClH/c1-13-11-7-6-10(12(14)15)8-4-2-3-5-9(8)11;/h2-7,13H,1H3,(H,14,15);1H. The van der Waals surface area contributed by atoms with Crippen molar-refractivity contribution in [1.82, 2.24) is 0 Å². The van der Waals surface area contributed by atoms with E-state index in [1.165, 1.54) is 0 Å². The molecule has 0 aliphatic carbocycles. The SMILES string of the molecule is CNc1ccc(C(=O)O)c2ccccc12.Cl. The van der Waals surface area contributed by atoms with Crippen LogP contribution in [0.1, 0.15) is 10.4 Å². The molecule has 0 amide bonds. The summed E-state index contributed by atoms with van der Waals surface area (Å²) < 4.78 is 0. The predicted octanol–water partition coefficient (Wildman–Crippen LogP) is 3.00. The third kappa shape index (κ3) is 1.95. The van der Waals surface area contributed by atoms with Crippen LogP contribution < -0.4 is 5.32 Å². The smallest absolute Gasteiger partial charge is 0.336 e. The number of rotatable bonds is 2. The van der Waals surface area contributed by atoms with E-state index >= 15 is 0 Å². The molecule has 0 saturated heterocycles. The van der Waals surface area contributed by atoms with Crippen LogP contribution in [0, 0.1) is 0 Å². The van der Waals surface area contributed by atoms with Gasteiger partial charge in [0.1, 0.15) is 0 Å². The first-order chi connectivity index (χ1) is 7.24. The molecule has 4 heteroatoms. The summed E-state index contributed by atoms with van der Waals surface area (Å²) >= 11 is 0. The number of carbonyl (C=O) groups is 1. The molecule has 0 atom stereocenters. The Morgan fingerprint density at radius 1 is 1.12 bits per heavy atom. The summed E-state index contributed by atoms with van der Waals surface area (Å²) in [6.07, 6.45) is 0. The molecule has 0 bridgehead atoms. The lowest BCUT2D eigenvalue weighted by atomic mass is 10.0. The molecule has 0 aromatic heterocycles. The third-order valence-corrected chi connectivity index (χ3v) is 2.42. The molecule has 0 aliphatic heterocycles. The molecular weight excluding hydrogens is 226 g/mol. The van der Waals surface area contributed by atoms with Gasteiger partial charge in [0.05, 0.1) is 5.56 Å². The van der Waals surface area contributed by atoms with Crippen molar-refractivity contribution in [3.63, 3.8) is 0 Å². The van der Waals surface area contributed by atoms with Gasteiger partial charge in [0, 0.05) is 18.1 Å². The highest BCUT2D eigenvalue weighted by atomic mass is 35.5. The first-order valence-electron chi connectivity index (χ1n) is 4.67. The van der Waals surface area contributed by atoms with Crippen molar-refractivity contribution in [3.05, 3.63) is 42.0 Å².